The first-order valence-corrected chi connectivity index (χ1v) is 9.31. The summed E-state index contributed by atoms with van der Waals surface area (Å²) in [4.78, 5) is 25.9. The summed E-state index contributed by atoms with van der Waals surface area (Å²) >= 11 is 0. The molecule has 0 amide bonds. The lowest BCUT2D eigenvalue weighted by Gasteiger charge is -2.09. The number of hydrogen-bond acceptors (Lipinski definition) is 5. The number of benzene rings is 2. The number of hydrogen-bond donors (Lipinski definition) is 3. The molecule has 1 heterocycles. The number of nitrogens with one attached hydrogen (secondary N) is 2. The lowest BCUT2D eigenvalue weighted by molar-refractivity contribution is 0.0695. The minimum Gasteiger partial charge on any atom is -0.497 e. The number of ether oxygens (including phenoxy) is 1. The van der Waals surface area contributed by atoms with E-state index >= 15 is 0 Å². The second-order valence-electron chi connectivity index (χ2n) is 5.72. The summed E-state index contributed by atoms with van der Waals surface area (Å²) in [6.07, 6.45) is 1.09. The molecule has 0 spiro atoms. The number of carboxylic acid groups (broad SMARTS) is 1. The van der Waals surface area contributed by atoms with Crippen LogP contribution in [0.3, 0.4) is 0 Å². The summed E-state index contributed by atoms with van der Waals surface area (Å²) in [5.74, 6) is -0.728. The second kappa shape index (κ2) is 7.22. The smallest absolute Gasteiger partial charge is 0.341 e. The maximum absolute atomic E-state index is 12.5. The van der Waals surface area contributed by atoms with Crippen LogP contribution in [0, 0.1) is 0 Å². The van der Waals surface area contributed by atoms with Gasteiger partial charge in [-0.05, 0) is 35.9 Å². The van der Waals surface area contributed by atoms with Gasteiger partial charge in [-0.3, -0.25) is 4.79 Å². The Hall–Kier alpha value is -3.17. The molecular formula is C18H16N2O6S. The molecule has 3 rings (SSSR count). The molecule has 0 fully saturated rings. The van der Waals surface area contributed by atoms with Crippen LogP contribution in [0.25, 0.3) is 10.9 Å². The van der Waals surface area contributed by atoms with E-state index < -0.39 is 27.0 Å². The Morgan fingerprint density at radius 2 is 1.89 bits per heavy atom. The van der Waals surface area contributed by atoms with Crippen molar-refractivity contribution in [1.29, 1.82) is 0 Å². The molecule has 0 aliphatic heterocycles. The number of H-pyrrole nitrogens is 1. The predicted molar refractivity (Wildman–Crippen MR) is 98.5 cm³/mol. The SMILES string of the molecule is COc1ccc(CNS(=O)(=O)c2ccc3[nH]cc(C(=O)O)c(=O)c3c2)cc1. The van der Waals surface area contributed by atoms with E-state index in [4.69, 9.17) is 9.84 Å². The number of aromatic amines is 1. The van der Waals surface area contributed by atoms with E-state index in [1.807, 2.05) is 0 Å². The molecule has 0 atom stereocenters. The van der Waals surface area contributed by atoms with E-state index in [0.717, 1.165) is 17.8 Å². The van der Waals surface area contributed by atoms with E-state index in [0.29, 0.717) is 11.3 Å². The average molecular weight is 388 g/mol. The van der Waals surface area contributed by atoms with Crippen molar-refractivity contribution in [3.63, 3.8) is 0 Å². The van der Waals surface area contributed by atoms with Crippen LogP contribution in [0.4, 0.5) is 0 Å². The third-order valence-corrected chi connectivity index (χ3v) is 5.42. The number of methoxy groups -OCH3 is 1. The number of aromatic carboxylic acids is 1. The van der Waals surface area contributed by atoms with Gasteiger partial charge in [0.15, 0.2) is 0 Å². The Labute approximate surface area is 154 Å². The third-order valence-electron chi connectivity index (χ3n) is 4.02. The van der Waals surface area contributed by atoms with Crippen LogP contribution >= 0.6 is 0 Å². The molecule has 0 aliphatic carbocycles. The highest BCUT2D eigenvalue weighted by atomic mass is 32.2. The van der Waals surface area contributed by atoms with Gasteiger partial charge in [0, 0.05) is 23.6 Å². The van der Waals surface area contributed by atoms with Gasteiger partial charge in [0.1, 0.15) is 11.3 Å². The number of pyridine rings is 1. The fraction of sp³-hybridized carbons (Fsp3) is 0.111. The Bertz CT molecular complexity index is 1170. The van der Waals surface area contributed by atoms with Gasteiger partial charge < -0.3 is 14.8 Å². The van der Waals surface area contributed by atoms with Gasteiger partial charge in [0.25, 0.3) is 0 Å². The average Bonchev–Trinajstić information content (AvgIpc) is 2.66. The quantitative estimate of drug-likeness (QED) is 0.590. The van der Waals surface area contributed by atoms with Crippen LogP contribution in [-0.4, -0.2) is 31.6 Å². The van der Waals surface area contributed by atoms with Crippen LogP contribution in [0.1, 0.15) is 15.9 Å². The van der Waals surface area contributed by atoms with E-state index in [1.54, 1.807) is 24.3 Å². The Balaban J connectivity index is 1.91. The van der Waals surface area contributed by atoms with Crippen molar-refractivity contribution < 1.29 is 23.1 Å². The summed E-state index contributed by atoms with van der Waals surface area (Å²) in [5.41, 5.74) is -0.128. The number of aromatic nitrogens is 1. The molecule has 2 aromatic carbocycles. The van der Waals surface area contributed by atoms with E-state index in [-0.39, 0.29) is 16.8 Å². The minimum atomic E-state index is -3.90. The molecule has 0 saturated carbocycles. The van der Waals surface area contributed by atoms with Crippen molar-refractivity contribution in [2.24, 2.45) is 0 Å². The van der Waals surface area contributed by atoms with Gasteiger partial charge in [0.2, 0.25) is 15.5 Å². The van der Waals surface area contributed by atoms with Crippen molar-refractivity contribution in [2.45, 2.75) is 11.4 Å². The molecule has 8 nitrogen and oxygen atoms in total. The number of fused-ring (bicyclic) bond motifs is 1. The largest absolute Gasteiger partial charge is 0.497 e. The maximum Gasteiger partial charge on any atom is 0.341 e. The van der Waals surface area contributed by atoms with E-state index in [9.17, 15) is 18.0 Å². The van der Waals surface area contributed by atoms with Gasteiger partial charge in [0.05, 0.1) is 12.0 Å². The molecule has 140 valence electrons. The van der Waals surface area contributed by atoms with Crippen molar-refractivity contribution in [2.75, 3.05) is 7.11 Å². The molecule has 0 bridgehead atoms. The zero-order chi connectivity index (χ0) is 19.6. The van der Waals surface area contributed by atoms with Gasteiger partial charge in [-0.1, -0.05) is 12.1 Å². The van der Waals surface area contributed by atoms with Crippen molar-refractivity contribution >= 4 is 26.9 Å². The first-order chi connectivity index (χ1) is 12.8. The minimum absolute atomic E-state index is 0.0118. The normalized spacial score (nSPS) is 11.4. The number of sulfonamides is 1. The van der Waals surface area contributed by atoms with E-state index in [2.05, 4.69) is 9.71 Å². The van der Waals surface area contributed by atoms with Crippen molar-refractivity contribution in [3.05, 3.63) is 70.0 Å². The summed E-state index contributed by atoms with van der Waals surface area (Å²) in [7, 11) is -2.36. The third kappa shape index (κ3) is 3.83. The van der Waals surface area contributed by atoms with Gasteiger partial charge in [-0.25, -0.2) is 17.9 Å². The highest BCUT2D eigenvalue weighted by Gasteiger charge is 2.17. The van der Waals surface area contributed by atoms with Crippen LogP contribution in [-0.2, 0) is 16.6 Å². The Morgan fingerprint density at radius 1 is 1.19 bits per heavy atom. The molecule has 3 N–H and O–H groups in total. The standard InChI is InChI=1S/C18H16N2O6S/c1-26-12-4-2-11(3-5-12)9-20-27(24,25)13-6-7-16-14(8-13)17(21)15(10-19-16)18(22)23/h2-8,10,20H,9H2,1H3,(H,19,21)(H,22,23). The number of carbonyl (C=O) groups is 1. The Kier molecular flexibility index (Phi) is 4.98. The monoisotopic (exact) mass is 388 g/mol. The highest BCUT2D eigenvalue weighted by Crippen LogP contribution is 2.17. The molecule has 1 aromatic heterocycles. The number of rotatable bonds is 6. The molecule has 9 heteroatoms. The lowest BCUT2D eigenvalue weighted by Crippen LogP contribution is -2.23. The zero-order valence-corrected chi connectivity index (χ0v) is 15.0. The van der Waals surface area contributed by atoms with Crippen LogP contribution in [0.5, 0.6) is 5.75 Å². The zero-order valence-electron chi connectivity index (χ0n) is 14.2. The fourth-order valence-corrected chi connectivity index (χ4v) is 3.57. The highest BCUT2D eigenvalue weighted by molar-refractivity contribution is 7.89. The maximum atomic E-state index is 12.5. The summed E-state index contributed by atoms with van der Waals surface area (Å²) in [5, 5.41) is 9.03. The predicted octanol–water partition coefficient (Wildman–Crippen LogP) is 1.71. The van der Waals surface area contributed by atoms with Gasteiger partial charge in [-0.15, -0.1) is 0 Å². The topological polar surface area (TPSA) is 126 Å². The molecule has 3 aromatic rings. The van der Waals surface area contributed by atoms with Crippen LogP contribution in [0.15, 0.2) is 58.4 Å². The van der Waals surface area contributed by atoms with Crippen molar-refractivity contribution in [3.8, 4) is 5.75 Å². The summed E-state index contributed by atoms with van der Waals surface area (Å²) in [6, 6.07) is 10.8. The first-order valence-electron chi connectivity index (χ1n) is 7.83. The first kappa shape index (κ1) is 18.6. The molecule has 0 unspecified atom stereocenters. The molecule has 0 aliphatic rings. The molecule has 27 heavy (non-hydrogen) atoms. The molecule has 0 radical (unpaired) electrons. The second-order valence-corrected chi connectivity index (χ2v) is 7.48. The number of carboxylic acids is 1. The molecular weight excluding hydrogens is 372 g/mol. The summed E-state index contributed by atoms with van der Waals surface area (Å²) in [6.45, 7) is 0.0515. The van der Waals surface area contributed by atoms with Crippen LogP contribution in [0.2, 0.25) is 0 Å². The lowest BCUT2D eigenvalue weighted by atomic mass is 10.1. The van der Waals surface area contributed by atoms with Gasteiger partial charge >= 0.3 is 5.97 Å². The Morgan fingerprint density at radius 3 is 2.52 bits per heavy atom. The molecule has 0 saturated heterocycles. The summed E-state index contributed by atoms with van der Waals surface area (Å²) < 4.78 is 32.6. The fourth-order valence-electron chi connectivity index (χ4n) is 2.53. The van der Waals surface area contributed by atoms with Gasteiger partial charge in [-0.2, -0.15) is 0 Å². The van der Waals surface area contributed by atoms with Crippen LogP contribution < -0.4 is 14.9 Å². The van der Waals surface area contributed by atoms with E-state index in [1.165, 1.54) is 19.2 Å². The van der Waals surface area contributed by atoms with Crippen molar-refractivity contribution in [1.82, 2.24) is 9.71 Å².